The molecule has 1 amide bonds. The molecule has 1 aromatic rings. The summed E-state index contributed by atoms with van der Waals surface area (Å²) in [5.74, 6) is 1.70. The number of carbonyl (C=O) groups is 1. The molecule has 1 spiro atoms. The molecule has 2 fully saturated rings. The van der Waals surface area contributed by atoms with Gasteiger partial charge in [-0.05, 0) is 19.3 Å². The van der Waals surface area contributed by atoms with Crippen LogP contribution in [0.25, 0.3) is 0 Å². The van der Waals surface area contributed by atoms with Gasteiger partial charge in [0.2, 0.25) is 11.8 Å². The van der Waals surface area contributed by atoms with Crippen LogP contribution >= 0.6 is 0 Å². The molecule has 1 aromatic heterocycles. The second-order valence-corrected chi connectivity index (χ2v) is 6.13. The second-order valence-electron chi connectivity index (χ2n) is 6.13. The first-order valence-electron chi connectivity index (χ1n) is 7.48. The highest BCUT2D eigenvalue weighted by atomic mass is 16.5. The zero-order chi connectivity index (χ0) is 14.9. The van der Waals surface area contributed by atoms with Crippen LogP contribution in [0, 0.1) is 5.41 Å². The maximum atomic E-state index is 11.6. The quantitative estimate of drug-likeness (QED) is 0.822. The molecule has 0 aromatic carbocycles. The molecule has 3 rings (SSSR count). The molecule has 0 radical (unpaired) electrons. The van der Waals surface area contributed by atoms with Gasteiger partial charge in [0.1, 0.15) is 12.1 Å². The Morgan fingerprint density at radius 2 is 2.14 bits per heavy atom. The van der Waals surface area contributed by atoms with Crippen molar-refractivity contribution in [1.29, 1.82) is 0 Å². The molecule has 1 atom stereocenters. The van der Waals surface area contributed by atoms with Gasteiger partial charge in [-0.3, -0.25) is 4.79 Å². The highest BCUT2D eigenvalue weighted by Crippen LogP contribution is 2.40. The number of anilines is 1. The van der Waals surface area contributed by atoms with Crippen molar-refractivity contribution >= 4 is 11.7 Å². The first kappa shape index (κ1) is 14.1. The Hall–Kier alpha value is -1.85. The highest BCUT2D eigenvalue weighted by molar-refractivity contribution is 5.73. The van der Waals surface area contributed by atoms with E-state index < -0.39 is 0 Å². The van der Waals surface area contributed by atoms with Gasteiger partial charge in [-0.15, -0.1) is 0 Å². The van der Waals surface area contributed by atoms with E-state index >= 15 is 0 Å². The van der Waals surface area contributed by atoms with Crippen LogP contribution in [0.2, 0.25) is 0 Å². The molecule has 6 heteroatoms. The van der Waals surface area contributed by atoms with Gasteiger partial charge in [-0.2, -0.15) is 0 Å². The monoisotopic (exact) mass is 290 g/mol. The summed E-state index contributed by atoms with van der Waals surface area (Å²) in [6, 6.07) is 1.88. The summed E-state index contributed by atoms with van der Waals surface area (Å²) in [5.41, 5.74) is 0.224. The minimum Gasteiger partial charge on any atom is -0.481 e. The number of nitrogens with zero attached hydrogens (tertiary/aromatic N) is 4. The van der Waals surface area contributed by atoms with Gasteiger partial charge >= 0.3 is 0 Å². The summed E-state index contributed by atoms with van der Waals surface area (Å²) >= 11 is 0. The molecular weight excluding hydrogens is 268 g/mol. The average Bonchev–Trinajstić information content (AvgIpc) is 2.91. The van der Waals surface area contributed by atoms with E-state index in [0.29, 0.717) is 5.88 Å². The smallest absolute Gasteiger partial charge is 0.219 e. The first-order chi connectivity index (χ1) is 10.1. The molecule has 2 aliphatic rings. The first-order valence-corrected chi connectivity index (χ1v) is 7.48. The Balaban J connectivity index is 1.73. The van der Waals surface area contributed by atoms with Crippen molar-refractivity contribution in [1.82, 2.24) is 14.9 Å². The van der Waals surface area contributed by atoms with E-state index in [9.17, 15) is 4.79 Å². The van der Waals surface area contributed by atoms with Crippen LogP contribution in [0.4, 0.5) is 5.82 Å². The predicted octanol–water partition coefficient (Wildman–Crippen LogP) is 1.32. The van der Waals surface area contributed by atoms with Gasteiger partial charge in [0.25, 0.3) is 0 Å². The van der Waals surface area contributed by atoms with Crippen LogP contribution in [0.15, 0.2) is 12.4 Å². The Kier molecular flexibility index (Phi) is 3.69. The lowest BCUT2D eigenvalue weighted by atomic mass is 9.79. The number of aromatic nitrogens is 2. The maximum Gasteiger partial charge on any atom is 0.219 e. The van der Waals surface area contributed by atoms with Crippen molar-refractivity contribution in [3.8, 4) is 5.88 Å². The Morgan fingerprint density at radius 1 is 1.29 bits per heavy atom. The van der Waals surface area contributed by atoms with E-state index in [-0.39, 0.29) is 11.3 Å². The lowest BCUT2D eigenvalue weighted by Gasteiger charge is -2.40. The molecule has 3 heterocycles. The van der Waals surface area contributed by atoms with E-state index in [4.69, 9.17) is 4.74 Å². The Morgan fingerprint density at radius 3 is 2.90 bits per heavy atom. The molecule has 2 aliphatic heterocycles. The molecule has 0 bridgehead atoms. The fourth-order valence-electron chi connectivity index (χ4n) is 3.55. The van der Waals surface area contributed by atoms with E-state index in [0.717, 1.165) is 44.8 Å². The van der Waals surface area contributed by atoms with Crippen LogP contribution in [0.1, 0.15) is 26.2 Å². The zero-order valence-electron chi connectivity index (χ0n) is 12.7. The van der Waals surface area contributed by atoms with Crippen molar-refractivity contribution in [3.05, 3.63) is 12.4 Å². The topological polar surface area (TPSA) is 58.6 Å². The van der Waals surface area contributed by atoms with E-state index in [1.807, 2.05) is 11.0 Å². The van der Waals surface area contributed by atoms with Crippen LogP contribution in [-0.2, 0) is 4.79 Å². The number of likely N-dealkylation sites (tertiary alicyclic amines) is 1. The molecule has 0 N–H and O–H groups in total. The van der Waals surface area contributed by atoms with E-state index in [1.165, 1.54) is 6.42 Å². The van der Waals surface area contributed by atoms with Crippen molar-refractivity contribution in [2.75, 3.05) is 38.2 Å². The number of hydrogen-bond acceptors (Lipinski definition) is 5. The molecule has 2 saturated heterocycles. The number of amides is 1. The largest absolute Gasteiger partial charge is 0.481 e. The van der Waals surface area contributed by atoms with Gasteiger partial charge < -0.3 is 14.5 Å². The van der Waals surface area contributed by atoms with Gasteiger partial charge in [-0.25, -0.2) is 9.97 Å². The van der Waals surface area contributed by atoms with Crippen LogP contribution in [0.5, 0.6) is 5.88 Å². The third-order valence-corrected chi connectivity index (χ3v) is 4.71. The number of rotatable bonds is 2. The van der Waals surface area contributed by atoms with E-state index in [1.54, 1.807) is 20.4 Å². The van der Waals surface area contributed by atoms with Gasteiger partial charge in [0.15, 0.2) is 0 Å². The SMILES string of the molecule is COc1cc(N2CCC3(CCCN(C(C)=O)C3)C2)ncn1. The summed E-state index contributed by atoms with van der Waals surface area (Å²) < 4.78 is 5.17. The minimum absolute atomic E-state index is 0.191. The van der Waals surface area contributed by atoms with Crippen LogP contribution < -0.4 is 9.64 Å². The molecule has 0 aliphatic carbocycles. The summed E-state index contributed by atoms with van der Waals surface area (Å²) in [6.07, 6.45) is 4.95. The fraction of sp³-hybridized carbons (Fsp3) is 0.667. The lowest BCUT2D eigenvalue weighted by molar-refractivity contribution is -0.132. The molecule has 6 nitrogen and oxygen atoms in total. The molecule has 21 heavy (non-hydrogen) atoms. The average molecular weight is 290 g/mol. The van der Waals surface area contributed by atoms with Crippen molar-refractivity contribution in [2.24, 2.45) is 5.41 Å². The van der Waals surface area contributed by atoms with Gasteiger partial charge in [0.05, 0.1) is 7.11 Å². The summed E-state index contributed by atoms with van der Waals surface area (Å²) in [7, 11) is 1.61. The third kappa shape index (κ3) is 2.80. The fourth-order valence-corrected chi connectivity index (χ4v) is 3.55. The van der Waals surface area contributed by atoms with Crippen LogP contribution in [-0.4, -0.2) is 54.1 Å². The van der Waals surface area contributed by atoms with Gasteiger partial charge in [-0.1, -0.05) is 0 Å². The van der Waals surface area contributed by atoms with E-state index in [2.05, 4.69) is 14.9 Å². The zero-order valence-corrected chi connectivity index (χ0v) is 12.7. The van der Waals surface area contributed by atoms with Crippen LogP contribution in [0.3, 0.4) is 0 Å². The van der Waals surface area contributed by atoms with Crippen molar-refractivity contribution in [2.45, 2.75) is 26.2 Å². The van der Waals surface area contributed by atoms with Crippen molar-refractivity contribution in [3.63, 3.8) is 0 Å². The summed E-state index contributed by atoms with van der Waals surface area (Å²) in [6.45, 7) is 5.38. The third-order valence-electron chi connectivity index (χ3n) is 4.71. The normalized spacial score (nSPS) is 25.4. The molecule has 114 valence electrons. The Bertz CT molecular complexity index is 536. The number of methoxy groups -OCH3 is 1. The van der Waals surface area contributed by atoms with Crippen molar-refractivity contribution < 1.29 is 9.53 Å². The molecule has 0 saturated carbocycles. The standard InChI is InChI=1S/C15H22N4O2/c1-12(20)18-6-3-4-15(9-18)5-7-19(10-15)13-8-14(21-2)17-11-16-13/h8,11H,3-7,9-10H2,1-2H3. The molecular formula is C15H22N4O2. The number of piperidine rings is 1. The number of hydrogen-bond donors (Lipinski definition) is 0. The number of ether oxygens (including phenoxy) is 1. The highest BCUT2D eigenvalue weighted by Gasteiger charge is 2.42. The minimum atomic E-state index is 0.191. The predicted molar refractivity (Wildman–Crippen MR) is 79.3 cm³/mol. The Labute approximate surface area is 125 Å². The lowest BCUT2D eigenvalue weighted by Crippen LogP contribution is -2.46. The molecule has 1 unspecified atom stereocenters. The summed E-state index contributed by atoms with van der Waals surface area (Å²) in [5, 5.41) is 0. The second kappa shape index (κ2) is 5.50. The van der Waals surface area contributed by atoms with Gasteiger partial charge in [0, 0.05) is 44.6 Å². The number of carbonyl (C=O) groups excluding carboxylic acids is 1. The summed E-state index contributed by atoms with van der Waals surface area (Å²) in [4.78, 5) is 24.3. The maximum absolute atomic E-state index is 11.6.